The van der Waals surface area contributed by atoms with Crippen LogP contribution in [-0.2, 0) is 0 Å². The predicted octanol–water partition coefficient (Wildman–Crippen LogP) is 2.64. The molecule has 1 saturated carbocycles. The average molecular weight is 224 g/mol. The van der Waals surface area contributed by atoms with Crippen LogP contribution >= 0.6 is 0 Å². The van der Waals surface area contributed by atoms with Gasteiger partial charge in [-0.1, -0.05) is 19.3 Å². The van der Waals surface area contributed by atoms with Crippen LogP contribution in [0.15, 0.2) is 0 Å². The Balaban J connectivity index is 1.68. The molecular weight excluding hydrogens is 196 g/mol. The summed E-state index contributed by atoms with van der Waals surface area (Å²) in [5.41, 5.74) is 0. The lowest BCUT2D eigenvalue weighted by Crippen LogP contribution is -2.48. The Bertz CT molecular complexity index is 213. The number of rotatable bonds is 4. The smallest absolute Gasteiger partial charge is 0.00964 e. The Hall–Kier alpha value is -0.0800. The van der Waals surface area contributed by atoms with Gasteiger partial charge in [0.15, 0.2) is 0 Å². The van der Waals surface area contributed by atoms with Gasteiger partial charge >= 0.3 is 0 Å². The molecule has 0 aromatic carbocycles. The number of hydrogen-bond acceptors (Lipinski definition) is 2. The van der Waals surface area contributed by atoms with Gasteiger partial charge in [0.25, 0.3) is 0 Å². The fourth-order valence-electron chi connectivity index (χ4n) is 3.14. The van der Waals surface area contributed by atoms with Crippen molar-refractivity contribution in [3.8, 4) is 0 Å². The molecule has 0 radical (unpaired) electrons. The van der Waals surface area contributed by atoms with E-state index in [1.54, 1.807) is 0 Å². The molecule has 2 rings (SSSR count). The molecule has 16 heavy (non-hydrogen) atoms. The number of nitrogens with one attached hydrogen (secondary N) is 1. The molecule has 0 spiro atoms. The standard InChI is InChI=1S/C14H28N2/c1-11(9-13-5-4-6-13)15-14-7-8-16(3)12(2)10-14/h11-15H,4-10H2,1-3H3. The molecule has 2 aliphatic rings. The first kappa shape index (κ1) is 12.4. The highest BCUT2D eigenvalue weighted by Crippen LogP contribution is 2.30. The second-order valence-electron chi connectivity index (χ2n) is 6.15. The average Bonchev–Trinajstić information content (AvgIpc) is 2.18. The highest BCUT2D eigenvalue weighted by Gasteiger charge is 2.25. The molecule has 3 unspecified atom stereocenters. The second-order valence-corrected chi connectivity index (χ2v) is 6.15. The fourth-order valence-corrected chi connectivity index (χ4v) is 3.14. The first-order valence-corrected chi connectivity index (χ1v) is 7.11. The lowest BCUT2D eigenvalue weighted by atomic mass is 9.81. The zero-order valence-corrected chi connectivity index (χ0v) is 11.2. The molecule has 1 saturated heterocycles. The van der Waals surface area contributed by atoms with Gasteiger partial charge in [-0.25, -0.2) is 0 Å². The molecule has 0 bridgehead atoms. The van der Waals surface area contributed by atoms with Crippen LogP contribution < -0.4 is 5.32 Å². The minimum Gasteiger partial charge on any atom is -0.311 e. The number of piperidine rings is 1. The van der Waals surface area contributed by atoms with Crippen LogP contribution in [0.5, 0.6) is 0 Å². The summed E-state index contributed by atoms with van der Waals surface area (Å²) in [7, 11) is 2.25. The summed E-state index contributed by atoms with van der Waals surface area (Å²) in [4.78, 5) is 2.48. The summed E-state index contributed by atoms with van der Waals surface area (Å²) in [6.07, 6.45) is 8.50. The third-order valence-electron chi connectivity index (χ3n) is 4.64. The molecule has 3 atom stereocenters. The van der Waals surface area contributed by atoms with Crippen molar-refractivity contribution in [2.24, 2.45) is 5.92 Å². The monoisotopic (exact) mass is 224 g/mol. The van der Waals surface area contributed by atoms with E-state index in [0.717, 1.165) is 24.0 Å². The van der Waals surface area contributed by atoms with E-state index in [1.807, 2.05) is 0 Å². The van der Waals surface area contributed by atoms with E-state index in [2.05, 4.69) is 31.1 Å². The van der Waals surface area contributed by atoms with E-state index in [9.17, 15) is 0 Å². The van der Waals surface area contributed by atoms with Crippen molar-refractivity contribution in [2.75, 3.05) is 13.6 Å². The lowest BCUT2D eigenvalue weighted by Gasteiger charge is -2.38. The van der Waals surface area contributed by atoms with Crippen LogP contribution in [0.2, 0.25) is 0 Å². The third kappa shape index (κ3) is 3.21. The van der Waals surface area contributed by atoms with Gasteiger partial charge in [-0.15, -0.1) is 0 Å². The van der Waals surface area contributed by atoms with Crippen LogP contribution in [0.4, 0.5) is 0 Å². The van der Waals surface area contributed by atoms with Gasteiger partial charge in [0.05, 0.1) is 0 Å². The van der Waals surface area contributed by atoms with Crippen LogP contribution in [0.25, 0.3) is 0 Å². The molecule has 1 N–H and O–H groups in total. The molecule has 1 heterocycles. The maximum Gasteiger partial charge on any atom is 0.00964 e. The summed E-state index contributed by atoms with van der Waals surface area (Å²) < 4.78 is 0. The van der Waals surface area contributed by atoms with Gasteiger partial charge in [-0.05, 0) is 52.6 Å². The second kappa shape index (κ2) is 5.50. The summed E-state index contributed by atoms with van der Waals surface area (Å²) >= 11 is 0. The Labute approximate surface area is 101 Å². The van der Waals surface area contributed by atoms with E-state index >= 15 is 0 Å². The summed E-state index contributed by atoms with van der Waals surface area (Å²) in [5, 5.41) is 3.84. The molecule has 2 fully saturated rings. The van der Waals surface area contributed by atoms with Crippen molar-refractivity contribution in [3.63, 3.8) is 0 Å². The van der Waals surface area contributed by atoms with E-state index in [4.69, 9.17) is 0 Å². The van der Waals surface area contributed by atoms with E-state index in [-0.39, 0.29) is 0 Å². The molecule has 2 heteroatoms. The van der Waals surface area contributed by atoms with E-state index in [1.165, 1.54) is 45.1 Å². The van der Waals surface area contributed by atoms with E-state index < -0.39 is 0 Å². The Morgan fingerprint density at radius 1 is 1.31 bits per heavy atom. The van der Waals surface area contributed by atoms with Crippen molar-refractivity contribution in [3.05, 3.63) is 0 Å². The minimum atomic E-state index is 0.728. The highest BCUT2D eigenvalue weighted by atomic mass is 15.1. The molecule has 0 aromatic rings. The van der Waals surface area contributed by atoms with Crippen LogP contribution in [0.1, 0.15) is 52.4 Å². The van der Waals surface area contributed by atoms with E-state index in [0.29, 0.717) is 0 Å². The summed E-state index contributed by atoms with van der Waals surface area (Å²) in [6.45, 7) is 5.99. The number of hydrogen-bond donors (Lipinski definition) is 1. The molecule has 1 aliphatic carbocycles. The Kier molecular flexibility index (Phi) is 4.26. The van der Waals surface area contributed by atoms with Crippen molar-refractivity contribution < 1.29 is 0 Å². The predicted molar refractivity (Wildman–Crippen MR) is 69.7 cm³/mol. The molecule has 1 aliphatic heterocycles. The summed E-state index contributed by atoms with van der Waals surface area (Å²) in [5.74, 6) is 1.03. The van der Waals surface area contributed by atoms with Crippen LogP contribution in [-0.4, -0.2) is 36.6 Å². The lowest BCUT2D eigenvalue weighted by molar-refractivity contribution is 0.156. The zero-order valence-electron chi connectivity index (χ0n) is 11.2. The van der Waals surface area contributed by atoms with Gasteiger partial charge in [0.2, 0.25) is 0 Å². The fraction of sp³-hybridized carbons (Fsp3) is 1.00. The molecule has 0 amide bonds. The number of nitrogens with zero attached hydrogens (tertiary/aromatic N) is 1. The van der Waals surface area contributed by atoms with Crippen LogP contribution in [0.3, 0.4) is 0 Å². The van der Waals surface area contributed by atoms with Gasteiger partial charge < -0.3 is 10.2 Å². The number of likely N-dealkylation sites (tertiary alicyclic amines) is 1. The van der Waals surface area contributed by atoms with Gasteiger partial charge in [0.1, 0.15) is 0 Å². The van der Waals surface area contributed by atoms with Gasteiger partial charge in [0, 0.05) is 18.1 Å². The normalized spacial score (nSPS) is 34.7. The maximum absolute atomic E-state index is 3.84. The molecular formula is C14H28N2. The SMILES string of the molecule is CC(CC1CCC1)NC1CCN(C)C(C)C1. The quantitative estimate of drug-likeness (QED) is 0.790. The first-order valence-electron chi connectivity index (χ1n) is 7.11. The van der Waals surface area contributed by atoms with Gasteiger partial charge in [-0.2, -0.15) is 0 Å². The highest BCUT2D eigenvalue weighted by molar-refractivity contribution is 4.84. The van der Waals surface area contributed by atoms with Crippen molar-refractivity contribution in [1.29, 1.82) is 0 Å². The zero-order chi connectivity index (χ0) is 11.5. The Morgan fingerprint density at radius 2 is 2.06 bits per heavy atom. The molecule has 2 nitrogen and oxygen atoms in total. The Morgan fingerprint density at radius 3 is 2.62 bits per heavy atom. The third-order valence-corrected chi connectivity index (χ3v) is 4.64. The maximum atomic E-state index is 3.84. The van der Waals surface area contributed by atoms with Gasteiger partial charge in [-0.3, -0.25) is 0 Å². The van der Waals surface area contributed by atoms with Crippen molar-refractivity contribution in [1.82, 2.24) is 10.2 Å². The topological polar surface area (TPSA) is 15.3 Å². The summed E-state index contributed by atoms with van der Waals surface area (Å²) in [6, 6.07) is 2.24. The molecule has 94 valence electrons. The minimum absolute atomic E-state index is 0.728. The van der Waals surface area contributed by atoms with Crippen molar-refractivity contribution in [2.45, 2.75) is 70.5 Å². The molecule has 0 aromatic heterocycles. The first-order chi connectivity index (χ1) is 7.65. The largest absolute Gasteiger partial charge is 0.311 e. The van der Waals surface area contributed by atoms with Crippen molar-refractivity contribution >= 4 is 0 Å². The van der Waals surface area contributed by atoms with Crippen LogP contribution in [0, 0.1) is 5.92 Å².